The van der Waals surface area contributed by atoms with Gasteiger partial charge in [-0.15, -0.1) is 0 Å². The number of halogens is 1. The molecule has 0 atom stereocenters. The van der Waals surface area contributed by atoms with E-state index in [4.69, 9.17) is 4.74 Å². The fourth-order valence-electron chi connectivity index (χ4n) is 2.07. The monoisotopic (exact) mass is 351 g/mol. The van der Waals surface area contributed by atoms with Crippen LogP contribution in [0.1, 0.15) is 30.8 Å². The van der Waals surface area contributed by atoms with Gasteiger partial charge in [-0.3, -0.25) is 4.68 Å². The number of benzene rings is 1. The third-order valence-electron chi connectivity index (χ3n) is 3.36. The first-order valence-corrected chi connectivity index (χ1v) is 8.07. The molecule has 0 saturated carbocycles. The predicted molar refractivity (Wildman–Crippen MR) is 88.4 cm³/mol. The van der Waals surface area contributed by atoms with Crippen LogP contribution in [-0.4, -0.2) is 16.3 Å². The van der Waals surface area contributed by atoms with Gasteiger partial charge in [-0.1, -0.05) is 29.8 Å². The van der Waals surface area contributed by atoms with Crippen molar-refractivity contribution in [2.75, 3.05) is 6.54 Å². The maximum atomic E-state index is 5.90. The maximum Gasteiger partial charge on any atom is 0.130 e. The molecule has 1 heterocycles. The molecule has 1 aromatic heterocycles. The fourth-order valence-corrected chi connectivity index (χ4v) is 2.46. The minimum atomic E-state index is 0.534. The highest BCUT2D eigenvalue weighted by Crippen LogP contribution is 2.23. The minimum absolute atomic E-state index is 0.534. The summed E-state index contributed by atoms with van der Waals surface area (Å²) in [5, 5.41) is 7.76. The van der Waals surface area contributed by atoms with E-state index in [-0.39, 0.29) is 0 Å². The smallest absolute Gasteiger partial charge is 0.130 e. The summed E-state index contributed by atoms with van der Waals surface area (Å²) >= 11 is 3.57. The highest BCUT2D eigenvalue weighted by molar-refractivity contribution is 9.10. The van der Waals surface area contributed by atoms with Crippen molar-refractivity contribution in [1.29, 1.82) is 0 Å². The lowest BCUT2D eigenvalue weighted by Gasteiger charge is -2.10. The Morgan fingerprint density at radius 2 is 2.10 bits per heavy atom. The van der Waals surface area contributed by atoms with E-state index in [9.17, 15) is 0 Å². The van der Waals surface area contributed by atoms with E-state index < -0.39 is 0 Å². The number of nitrogens with zero attached hydrogens (tertiary/aromatic N) is 2. The van der Waals surface area contributed by atoms with Crippen LogP contribution in [0.15, 0.2) is 28.7 Å². The first kappa shape index (κ1) is 16.0. The van der Waals surface area contributed by atoms with Crippen LogP contribution in [0.2, 0.25) is 0 Å². The van der Waals surface area contributed by atoms with E-state index in [0.717, 1.165) is 41.1 Å². The number of rotatable bonds is 7. The molecular formula is C16H22BrN3O. The second-order valence-electron chi connectivity index (χ2n) is 4.93. The Kier molecular flexibility index (Phi) is 5.82. The molecule has 0 amide bonds. The summed E-state index contributed by atoms with van der Waals surface area (Å²) in [4.78, 5) is 0. The fraction of sp³-hybridized carbons (Fsp3) is 0.438. The molecule has 1 aromatic carbocycles. The van der Waals surface area contributed by atoms with Crippen LogP contribution in [0.4, 0.5) is 0 Å². The quantitative estimate of drug-likeness (QED) is 0.830. The first-order chi connectivity index (χ1) is 10.1. The molecule has 1 N–H and O–H groups in total. The molecule has 0 fully saturated rings. The molecule has 21 heavy (non-hydrogen) atoms. The molecule has 2 aromatic rings. The third kappa shape index (κ3) is 4.32. The number of ether oxygens (including phenoxy) is 1. The summed E-state index contributed by atoms with van der Waals surface area (Å²) in [5.74, 6) is 0.880. The van der Waals surface area contributed by atoms with Crippen molar-refractivity contribution in [2.45, 2.75) is 33.4 Å². The summed E-state index contributed by atoms with van der Waals surface area (Å²) < 4.78 is 8.88. The Morgan fingerprint density at radius 1 is 1.29 bits per heavy atom. The summed E-state index contributed by atoms with van der Waals surface area (Å²) in [6.07, 6.45) is 0.943. The van der Waals surface area contributed by atoms with Crippen molar-refractivity contribution in [3.05, 3.63) is 45.7 Å². The van der Waals surface area contributed by atoms with Crippen LogP contribution < -0.4 is 10.1 Å². The Hall–Kier alpha value is -1.33. The van der Waals surface area contributed by atoms with Gasteiger partial charge < -0.3 is 10.1 Å². The van der Waals surface area contributed by atoms with E-state index in [0.29, 0.717) is 6.61 Å². The van der Waals surface area contributed by atoms with Gasteiger partial charge in [0.1, 0.15) is 12.4 Å². The summed E-state index contributed by atoms with van der Waals surface area (Å²) in [6.45, 7) is 6.52. The Morgan fingerprint density at radius 3 is 2.76 bits per heavy atom. The van der Waals surface area contributed by atoms with Gasteiger partial charge >= 0.3 is 0 Å². The summed E-state index contributed by atoms with van der Waals surface area (Å²) in [5.41, 5.74) is 3.39. The second kappa shape index (κ2) is 7.61. The normalized spacial score (nSPS) is 10.9. The number of aromatic nitrogens is 2. The lowest BCUT2D eigenvalue weighted by atomic mass is 10.2. The van der Waals surface area contributed by atoms with Crippen LogP contribution >= 0.6 is 15.9 Å². The lowest BCUT2D eigenvalue weighted by Crippen LogP contribution is -2.12. The second-order valence-corrected chi connectivity index (χ2v) is 5.78. The number of nitrogens with one attached hydrogen (secondary N) is 1. The Bertz CT molecular complexity index is 595. The van der Waals surface area contributed by atoms with Crippen LogP contribution in [0.5, 0.6) is 5.75 Å². The van der Waals surface area contributed by atoms with Crippen molar-refractivity contribution in [2.24, 2.45) is 7.05 Å². The topological polar surface area (TPSA) is 39.1 Å². The van der Waals surface area contributed by atoms with Gasteiger partial charge in [0.05, 0.1) is 11.4 Å². The maximum absolute atomic E-state index is 5.90. The zero-order chi connectivity index (χ0) is 15.2. The molecule has 114 valence electrons. The molecule has 0 aliphatic rings. The van der Waals surface area contributed by atoms with Crippen molar-refractivity contribution < 1.29 is 4.74 Å². The number of aryl methyl sites for hydroxylation is 2. The molecule has 2 rings (SSSR count). The van der Waals surface area contributed by atoms with E-state index in [1.54, 1.807) is 0 Å². The molecule has 0 saturated heterocycles. The van der Waals surface area contributed by atoms with E-state index in [1.807, 2.05) is 23.9 Å². The van der Waals surface area contributed by atoms with Gasteiger partial charge in [-0.25, -0.2) is 0 Å². The minimum Gasteiger partial charge on any atom is -0.487 e. The summed E-state index contributed by atoms with van der Waals surface area (Å²) in [6, 6.07) is 8.18. The van der Waals surface area contributed by atoms with Crippen molar-refractivity contribution in [3.63, 3.8) is 0 Å². The van der Waals surface area contributed by atoms with E-state index in [2.05, 4.69) is 52.3 Å². The van der Waals surface area contributed by atoms with Gasteiger partial charge in [0.25, 0.3) is 0 Å². The van der Waals surface area contributed by atoms with Crippen LogP contribution in [0, 0.1) is 0 Å². The molecule has 0 aliphatic heterocycles. The SMILES string of the molecule is CCNCc1cc(OCc2cc(CC)nn2C)ccc1Br. The summed E-state index contributed by atoms with van der Waals surface area (Å²) in [7, 11) is 1.95. The van der Waals surface area contributed by atoms with Gasteiger partial charge in [0.15, 0.2) is 0 Å². The average Bonchev–Trinajstić information content (AvgIpc) is 2.85. The zero-order valence-electron chi connectivity index (χ0n) is 12.8. The predicted octanol–water partition coefficient (Wildman–Crippen LogP) is 3.43. The van der Waals surface area contributed by atoms with Crippen molar-refractivity contribution >= 4 is 15.9 Å². The van der Waals surface area contributed by atoms with E-state index >= 15 is 0 Å². The Labute approximate surface area is 134 Å². The van der Waals surface area contributed by atoms with Crippen LogP contribution in [0.25, 0.3) is 0 Å². The molecule has 0 radical (unpaired) electrons. The van der Waals surface area contributed by atoms with E-state index in [1.165, 1.54) is 5.56 Å². The van der Waals surface area contributed by atoms with Gasteiger partial charge in [0, 0.05) is 18.1 Å². The molecule has 0 unspecified atom stereocenters. The van der Waals surface area contributed by atoms with Crippen LogP contribution in [0.3, 0.4) is 0 Å². The molecule has 0 bridgehead atoms. The Balaban J connectivity index is 2.03. The number of hydrogen-bond acceptors (Lipinski definition) is 3. The van der Waals surface area contributed by atoms with Gasteiger partial charge in [0.2, 0.25) is 0 Å². The van der Waals surface area contributed by atoms with Crippen molar-refractivity contribution in [3.8, 4) is 5.75 Å². The lowest BCUT2D eigenvalue weighted by molar-refractivity contribution is 0.294. The van der Waals surface area contributed by atoms with Gasteiger partial charge in [-0.05, 0) is 42.8 Å². The highest BCUT2D eigenvalue weighted by atomic mass is 79.9. The third-order valence-corrected chi connectivity index (χ3v) is 4.13. The molecular weight excluding hydrogens is 330 g/mol. The van der Waals surface area contributed by atoms with Gasteiger partial charge in [-0.2, -0.15) is 5.10 Å². The standard InChI is InChI=1S/C16H22BrN3O/c1-4-13-9-14(20(3)19-13)11-21-15-6-7-16(17)12(8-15)10-18-5-2/h6-9,18H,4-5,10-11H2,1-3H3. The largest absolute Gasteiger partial charge is 0.487 e. The number of hydrogen-bond donors (Lipinski definition) is 1. The molecule has 4 nitrogen and oxygen atoms in total. The molecule has 0 aliphatic carbocycles. The zero-order valence-corrected chi connectivity index (χ0v) is 14.4. The molecule has 0 spiro atoms. The first-order valence-electron chi connectivity index (χ1n) is 7.27. The average molecular weight is 352 g/mol. The van der Waals surface area contributed by atoms with Crippen LogP contribution in [-0.2, 0) is 26.6 Å². The highest BCUT2D eigenvalue weighted by Gasteiger charge is 2.06. The van der Waals surface area contributed by atoms with Crippen molar-refractivity contribution in [1.82, 2.24) is 15.1 Å². The molecule has 5 heteroatoms.